The summed E-state index contributed by atoms with van der Waals surface area (Å²) >= 11 is 0. The zero-order valence-corrected chi connectivity index (χ0v) is 13.0. The molecule has 0 saturated carbocycles. The van der Waals surface area contributed by atoms with Crippen LogP contribution in [0.5, 0.6) is 0 Å². The first-order valence-electron chi connectivity index (χ1n) is 6.90. The summed E-state index contributed by atoms with van der Waals surface area (Å²) in [6.07, 6.45) is 0.508. The van der Waals surface area contributed by atoms with Gasteiger partial charge in [-0.05, 0) is 17.7 Å². The highest BCUT2D eigenvalue weighted by Gasteiger charge is 2.06. The molecule has 1 aromatic rings. The molecule has 1 amide bonds. The van der Waals surface area contributed by atoms with Crippen molar-refractivity contribution >= 4 is 5.91 Å². The van der Waals surface area contributed by atoms with E-state index in [1.807, 2.05) is 46.8 Å². The molecule has 0 heterocycles. The molecular formula is C16H26N2O. The van der Waals surface area contributed by atoms with Gasteiger partial charge < -0.3 is 4.90 Å². The molecule has 0 saturated heterocycles. The summed E-state index contributed by atoms with van der Waals surface area (Å²) in [5.74, 6) is 0.109. The van der Waals surface area contributed by atoms with Gasteiger partial charge in [0.2, 0.25) is 5.91 Å². The van der Waals surface area contributed by atoms with Crippen LogP contribution >= 0.6 is 0 Å². The van der Waals surface area contributed by atoms with Crippen LogP contribution in [0.4, 0.5) is 0 Å². The molecule has 0 aliphatic heterocycles. The maximum Gasteiger partial charge on any atom is 0.222 e. The Kier molecular flexibility index (Phi) is 13.0. The van der Waals surface area contributed by atoms with Gasteiger partial charge in [-0.1, -0.05) is 46.8 Å². The maximum atomic E-state index is 11.3. The lowest BCUT2D eigenvalue weighted by molar-refractivity contribution is -0.130. The predicted molar refractivity (Wildman–Crippen MR) is 80.6 cm³/mol. The lowest BCUT2D eigenvalue weighted by Crippen LogP contribution is -2.25. The molecule has 106 valence electrons. The minimum Gasteiger partial charge on any atom is -0.341 e. The molecule has 0 aliphatic carbocycles. The van der Waals surface area contributed by atoms with Gasteiger partial charge >= 0.3 is 0 Å². The van der Waals surface area contributed by atoms with Gasteiger partial charge in [-0.25, -0.2) is 0 Å². The zero-order valence-electron chi connectivity index (χ0n) is 13.0. The van der Waals surface area contributed by atoms with Crippen LogP contribution in [0.3, 0.4) is 0 Å². The fourth-order valence-corrected chi connectivity index (χ4v) is 1.37. The Morgan fingerprint density at radius 2 is 1.84 bits per heavy atom. The second-order valence-electron chi connectivity index (χ2n) is 3.42. The number of amides is 1. The van der Waals surface area contributed by atoms with E-state index >= 15 is 0 Å². The average molecular weight is 262 g/mol. The summed E-state index contributed by atoms with van der Waals surface area (Å²) in [5.41, 5.74) is 1.61. The van der Waals surface area contributed by atoms with Gasteiger partial charge in [0.05, 0.1) is 11.6 Å². The van der Waals surface area contributed by atoms with Crippen molar-refractivity contribution in [2.75, 3.05) is 7.05 Å². The fourth-order valence-electron chi connectivity index (χ4n) is 1.37. The van der Waals surface area contributed by atoms with E-state index < -0.39 is 0 Å². The second kappa shape index (κ2) is 12.6. The maximum absolute atomic E-state index is 11.3. The number of carbonyl (C=O) groups is 1. The van der Waals surface area contributed by atoms with Crippen molar-refractivity contribution in [3.8, 4) is 6.07 Å². The normalized spacial score (nSPS) is 8.05. The third-order valence-corrected chi connectivity index (χ3v) is 2.20. The molecule has 0 aromatic heterocycles. The zero-order chi connectivity index (χ0) is 15.3. The van der Waals surface area contributed by atoms with Crippen LogP contribution < -0.4 is 0 Å². The lowest BCUT2D eigenvalue weighted by Gasteiger charge is -2.16. The van der Waals surface area contributed by atoms with Crippen LogP contribution in [0.2, 0.25) is 0 Å². The van der Waals surface area contributed by atoms with E-state index in [4.69, 9.17) is 5.26 Å². The van der Waals surface area contributed by atoms with Crippen LogP contribution in [-0.4, -0.2) is 17.9 Å². The van der Waals surface area contributed by atoms with Gasteiger partial charge in [-0.3, -0.25) is 4.79 Å². The summed E-state index contributed by atoms with van der Waals surface area (Å²) in [4.78, 5) is 13.0. The standard InChI is InChI=1S/C12H14N2O.2C2H6/c1-3-12(15)14(2)9-11-6-4-5-10(7-11)8-13;2*1-2/h4-7H,3,9H2,1-2H3;2*1-2H3. The molecular weight excluding hydrogens is 236 g/mol. The quantitative estimate of drug-likeness (QED) is 0.827. The molecule has 0 unspecified atom stereocenters. The van der Waals surface area contributed by atoms with Crippen LogP contribution in [-0.2, 0) is 11.3 Å². The van der Waals surface area contributed by atoms with Gasteiger partial charge in [-0.15, -0.1) is 0 Å². The third-order valence-electron chi connectivity index (χ3n) is 2.20. The lowest BCUT2D eigenvalue weighted by atomic mass is 10.1. The van der Waals surface area contributed by atoms with Crippen LogP contribution in [0.15, 0.2) is 24.3 Å². The van der Waals surface area contributed by atoms with Crippen molar-refractivity contribution in [2.45, 2.75) is 47.6 Å². The molecule has 3 heteroatoms. The molecule has 0 fully saturated rings. The van der Waals surface area contributed by atoms with Crippen molar-refractivity contribution in [1.82, 2.24) is 4.90 Å². The van der Waals surface area contributed by atoms with Crippen molar-refractivity contribution in [3.63, 3.8) is 0 Å². The van der Waals surface area contributed by atoms with E-state index in [0.717, 1.165) is 5.56 Å². The van der Waals surface area contributed by atoms with E-state index in [9.17, 15) is 4.79 Å². The number of benzene rings is 1. The van der Waals surface area contributed by atoms with Gasteiger partial charge in [0, 0.05) is 20.0 Å². The number of nitrogens with zero attached hydrogens (tertiary/aromatic N) is 2. The van der Waals surface area contributed by atoms with Gasteiger partial charge in [0.25, 0.3) is 0 Å². The number of rotatable bonds is 3. The summed E-state index contributed by atoms with van der Waals surface area (Å²) in [5, 5.41) is 8.72. The second-order valence-corrected chi connectivity index (χ2v) is 3.42. The van der Waals surface area contributed by atoms with Gasteiger partial charge in [-0.2, -0.15) is 5.26 Å². The first-order chi connectivity index (χ1) is 9.17. The van der Waals surface area contributed by atoms with Crippen molar-refractivity contribution in [2.24, 2.45) is 0 Å². The van der Waals surface area contributed by atoms with E-state index in [2.05, 4.69) is 6.07 Å². The van der Waals surface area contributed by atoms with Crippen molar-refractivity contribution in [3.05, 3.63) is 35.4 Å². The Bertz CT molecular complexity index is 394. The molecule has 3 nitrogen and oxygen atoms in total. The Morgan fingerprint density at radius 3 is 2.32 bits per heavy atom. The predicted octanol–water partition coefficient (Wildman–Crippen LogP) is 3.98. The molecule has 0 bridgehead atoms. The molecule has 0 spiro atoms. The van der Waals surface area contributed by atoms with E-state index in [1.165, 1.54) is 0 Å². The fraction of sp³-hybridized carbons (Fsp3) is 0.500. The minimum atomic E-state index is 0.109. The molecule has 0 aliphatic rings. The highest BCUT2D eigenvalue weighted by atomic mass is 16.2. The molecule has 0 radical (unpaired) electrons. The van der Waals surface area contributed by atoms with E-state index in [-0.39, 0.29) is 5.91 Å². The Labute approximate surface area is 117 Å². The third kappa shape index (κ3) is 7.99. The molecule has 0 N–H and O–H groups in total. The Hall–Kier alpha value is -1.82. The topological polar surface area (TPSA) is 44.1 Å². The first kappa shape index (κ1) is 19.5. The highest BCUT2D eigenvalue weighted by Crippen LogP contribution is 2.07. The molecule has 19 heavy (non-hydrogen) atoms. The number of nitriles is 1. The summed E-state index contributed by atoms with van der Waals surface area (Å²) in [7, 11) is 1.77. The van der Waals surface area contributed by atoms with Crippen LogP contribution in [0.1, 0.15) is 52.2 Å². The van der Waals surface area contributed by atoms with Gasteiger partial charge in [0.15, 0.2) is 0 Å². The van der Waals surface area contributed by atoms with Crippen molar-refractivity contribution < 1.29 is 4.79 Å². The van der Waals surface area contributed by atoms with Gasteiger partial charge in [0.1, 0.15) is 0 Å². The smallest absolute Gasteiger partial charge is 0.222 e. The molecule has 1 aromatic carbocycles. The van der Waals surface area contributed by atoms with Crippen molar-refractivity contribution in [1.29, 1.82) is 5.26 Å². The largest absolute Gasteiger partial charge is 0.341 e. The molecule has 1 rings (SSSR count). The monoisotopic (exact) mass is 262 g/mol. The number of carbonyl (C=O) groups excluding carboxylic acids is 1. The molecule has 0 atom stereocenters. The SMILES string of the molecule is CC.CC.CCC(=O)N(C)Cc1cccc(C#N)c1. The van der Waals surface area contributed by atoms with E-state index in [0.29, 0.717) is 18.5 Å². The Balaban J connectivity index is 0. The minimum absolute atomic E-state index is 0.109. The number of hydrogen-bond acceptors (Lipinski definition) is 2. The average Bonchev–Trinajstić information content (AvgIpc) is 2.50. The summed E-state index contributed by atoms with van der Waals surface area (Å²) in [6, 6.07) is 9.39. The number of hydrogen-bond donors (Lipinski definition) is 0. The first-order valence-corrected chi connectivity index (χ1v) is 6.90. The van der Waals surface area contributed by atoms with Crippen LogP contribution in [0, 0.1) is 11.3 Å². The Morgan fingerprint density at radius 1 is 1.26 bits per heavy atom. The highest BCUT2D eigenvalue weighted by molar-refractivity contribution is 5.75. The summed E-state index contributed by atoms with van der Waals surface area (Å²) in [6.45, 7) is 10.4. The van der Waals surface area contributed by atoms with E-state index in [1.54, 1.807) is 24.1 Å². The van der Waals surface area contributed by atoms with Crippen LogP contribution in [0.25, 0.3) is 0 Å². The summed E-state index contributed by atoms with van der Waals surface area (Å²) < 4.78 is 0.